The summed E-state index contributed by atoms with van der Waals surface area (Å²) in [4.78, 5) is 0. The first kappa shape index (κ1) is 16.2. The van der Waals surface area contributed by atoms with Gasteiger partial charge in [0.05, 0.1) is 14.2 Å². The molecule has 0 aliphatic heterocycles. The number of hydrogen-bond acceptors (Lipinski definition) is 3. The molecule has 2 rings (SSSR count). The molecule has 3 nitrogen and oxygen atoms in total. The standard InChI is InChI=1S/C18H29NO2/c1-12-10-15(20-4)16(21-5)11-13(12)17(19)14-8-6-7-9-18(14,2)3/h10-11,14,17H,6-9,19H2,1-5H3. The van der Waals surface area contributed by atoms with Gasteiger partial charge in [0.2, 0.25) is 0 Å². The van der Waals surface area contributed by atoms with E-state index >= 15 is 0 Å². The van der Waals surface area contributed by atoms with Crippen LogP contribution in [0.1, 0.15) is 56.7 Å². The lowest BCUT2D eigenvalue weighted by Gasteiger charge is -2.42. The SMILES string of the molecule is COc1cc(C)c(C(N)C2CCCCC2(C)C)cc1OC. The summed E-state index contributed by atoms with van der Waals surface area (Å²) in [7, 11) is 3.34. The molecule has 1 aromatic carbocycles. The Morgan fingerprint density at radius 3 is 2.33 bits per heavy atom. The Bertz CT molecular complexity index is 496. The van der Waals surface area contributed by atoms with Crippen LogP contribution in [0.3, 0.4) is 0 Å². The fourth-order valence-corrected chi connectivity index (χ4v) is 3.76. The van der Waals surface area contributed by atoms with E-state index in [4.69, 9.17) is 15.2 Å². The molecular weight excluding hydrogens is 262 g/mol. The summed E-state index contributed by atoms with van der Waals surface area (Å²) in [6.07, 6.45) is 5.08. The fraction of sp³-hybridized carbons (Fsp3) is 0.667. The van der Waals surface area contributed by atoms with Gasteiger partial charge in [0.25, 0.3) is 0 Å². The number of aryl methyl sites for hydroxylation is 1. The van der Waals surface area contributed by atoms with Crippen molar-refractivity contribution in [3.8, 4) is 11.5 Å². The van der Waals surface area contributed by atoms with Crippen molar-refractivity contribution in [2.45, 2.75) is 52.5 Å². The molecule has 1 aliphatic carbocycles. The van der Waals surface area contributed by atoms with Crippen molar-refractivity contribution in [3.63, 3.8) is 0 Å². The molecule has 21 heavy (non-hydrogen) atoms. The fourth-order valence-electron chi connectivity index (χ4n) is 3.76. The summed E-state index contributed by atoms with van der Waals surface area (Å²) < 4.78 is 10.8. The highest BCUT2D eigenvalue weighted by atomic mass is 16.5. The largest absolute Gasteiger partial charge is 0.493 e. The molecule has 0 heterocycles. The van der Waals surface area contributed by atoms with Crippen molar-refractivity contribution < 1.29 is 9.47 Å². The zero-order valence-corrected chi connectivity index (χ0v) is 14.0. The predicted octanol–water partition coefficient (Wildman–Crippen LogP) is 4.23. The summed E-state index contributed by atoms with van der Waals surface area (Å²) >= 11 is 0. The zero-order valence-electron chi connectivity index (χ0n) is 14.0. The molecule has 0 bridgehead atoms. The van der Waals surface area contributed by atoms with Gasteiger partial charge in [-0.3, -0.25) is 0 Å². The van der Waals surface area contributed by atoms with E-state index < -0.39 is 0 Å². The third kappa shape index (κ3) is 3.18. The van der Waals surface area contributed by atoms with Crippen LogP contribution in [-0.4, -0.2) is 14.2 Å². The molecule has 118 valence electrons. The molecule has 1 saturated carbocycles. The Kier molecular flexibility index (Phi) is 4.82. The molecule has 1 aliphatic rings. The Morgan fingerprint density at radius 1 is 1.14 bits per heavy atom. The van der Waals surface area contributed by atoms with Crippen LogP contribution in [0.2, 0.25) is 0 Å². The third-order valence-electron chi connectivity index (χ3n) is 5.15. The van der Waals surface area contributed by atoms with E-state index in [1.807, 2.05) is 6.07 Å². The Balaban J connectivity index is 2.36. The van der Waals surface area contributed by atoms with Crippen LogP contribution < -0.4 is 15.2 Å². The lowest BCUT2D eigenvalue weighted by molar-refractivity contribution is 0.112. The summed E-state index contributed by atoms with van der Waals surface area (Å²) in [6, 6.07) is 4.15. The van der Waals surface area contributed by atoms with Gasteiger partial charge in [0, 0.05) is 6.04 Å². The molecule has 2 N–H and O–H groups in total. The van der Waals surface area contributed by atoms with Crippen LogP contribution in [-0.2, 0) is 0 Å². The maximum Gasteiger partial charge on any atom is 0.161 e. The normalized spacial score (nSPS) is 22.7. The number of methoxy groups -OCH3 is 2. The number of ether oxygens (including phenoxy) is 2. The lowest BCUT2D eigenvalue weighted by atomic mass is 9.64. The quantitative estimate of drug-likeness (QED) is 0.903. The monoisotopic (exact) mass is 291 g/mol. The molecule has 0 amide bonds. The van der Waals surface area contributed by atoms with E-state index in [0.717, 1.165) is 11.5 Å². The van der Waals surface area contributed by atoms with Crippen LogP contribution in [0.5, 0.6) is 11.5 Å². The first-order valence-electron chi connectivity index (χ1n) is 7.89. The van der Waals surface area contributed by atoms with Gasteiger partial charge >= 0.3 is 0 Å². The van der Waals surface area contributed by atoms with Crippen molar-refractivity contribution in [1.82, 2.24) is 0 Å². The van der Waals surface area contributed by atoms with Gasteiger partial charge < -0.3 is 15.2 Å². The minimum absolute atomic E-state index is 0.0557. The van der Waals surface area contributed by atoms with Crippen molar-refractivity contribution >= 4 is 0 Å². The van der Waals surface area contributed by atoms with Gasteiger partial charge in [-0.15, -0.1) is 0 Å². The maximum absolute atomic E-state index is 6.66. The van der Waals surface area contributed by atoms with Crippen LogP contribution in [0.15, 0.2) is 12.1 Å². The first-order chi connectivity index (χ1) is 9.90. The second kappa shape index (κ2) is 6.27. The Hall–Kier alpha value is -1.22. The molecule has 0 aromatic heterocycles. The zero-order chi connectivity index (χ0) is 15.6. The second-order valence-corrected chi connectivity index (χ2v) is 6.93. The highest BCUT2D eigenvalue weighted by Crippen LogP contribution is 2.47. The van der Waals surface area contributed by atoms with E-state index in [0.29, 0.717) is 11.3 Å². The van der Waals surface area contributed by atoms with Gasteiger partial charge in [0.15, 0.2) is 11.5 Å². The molecule has 0 radical (unpaired) electrons. The van der Waals surface area contributed by atoms with Gasteiger partial charge in [-0.25, -0.2) is 0 Å². The van der Waals surface area contributed by atoms with E-state index in [1.165, 1.54) is 36.8 Å². The summed E-state index contributed by atoms with van der Waals surface area (Å²) in [5, 5.41) is 0. The van der Waals surface area contributed by atoms with Gasteiger partial charge in [-0.2, -0.15) is 0 Å². The average Bonchev–Trinajstić information content (AvgIpc) is 2.45. The second-order valence-electron chi connectivity index (χ2n) is 6.93. The van der Waals surface area contributed by atoms with Crippen LogP contribution in [0, 0.1) is 18.3 Å². The maximum atomic E-state index is 6.66. The van der Waals surface area contributed by atoms with Crippen LogP contribution >= 0.6 is 0 Å². The topological polar surface area (TPSA) is 44.5 Å². The summed E-state index contributed by atoms with van der Waals surface area (Å²) in [6.45, 7) is 6.81. The highest BCUT2D eigenvalue weighted by molar-refractivity contribution is 5.48. The molecule has 2 atom stereocenters. The molecule has 1 fully saturated rings. The van der Waals surface area contributed by atoms with Crippen molar-refractivity contribution in [1.29, 1.82) is 0 Å². The van der Waals surface area contributed by atoms with E-state index in [1.54, 1.807) is 14.2 Å². The number of nitrogens with two attached hydrogens (primary N) is 1. The van der Waals surface area contributed by atoms with Gasteiger partial charge in [0.1, 0.15) is 0 Å². The molecule has 0 saturated heterocycles. The summed E-state index contributed by atoms with van der Waals surface area (Å²) in [5.74, 6) is 2.05. The lowest BCUT2D eigenvalue weighted by Crippen LogP contribution is -2.36. The minimum Gasteiger partial charge on any atom is -0.493 e. The number of hydrogen-bond donors (Lipinski definition) is 1. The minimum atomic E-state index is 0.0557. The van der Waals surface area contributed by atoms with Gasteiger partial charge in [-0.1, -0.05) is 26.7 Å². The van der Waals surface area contributed by atoms with Gasteiger partial charge in [-0.05, 0) is 54.4 Å². The molecule has 3 heteroatoms. The number of rotatable bonds is 4. The Labute approximate surface area is 128 Å². The average molecular weight is 291 g/mol. The highest BCUT2D eigenvalue weighted by Gasteiger charge is 2.37. The van der Waals surface area contributed by atoms with Crippen molar-refractivity contribution in [3.05, 3.63) is 23.3 Å². The Morgan fingerprint density at radius 2 is 1.76 bits per heavy atom. The van der Waals surface area contributed by atoms with Crippen molar-refractivity contribution in [2.24, 2.45) is 17.1 Å². The first-order valence-corrected chi connectivity index (χ1v) is 7.89. The predicted molar refractivity (Wildman–Crippen MR) is 87.0 cm³/mol. The number of benzene rings is 1. The summed E-state index contributed by atoms with van der Waals surface area (Å²) in [5.41, 5.74) is 9.34. The van der Waals surface area contributed by atoms with E-state index in [-0.39, 0.29) is 6.04 Å². The smallest absolute Gasteiger partial charge is 0.161 e. The molecule has 0 spiro atoms. The molecular formula is C18H29NO2. The van der Waals surface area contributed by atoms with E-state index in [9.17, 15) is 0 Å². The van der Waals surface area contributed by atoms with Crippen LogP contribution in [0.25, 0.3) is 0 Å². The van der Waals surface area contributed by atoms with E-state index in [2.05, 4.69) is 26.8 Å². The third-order valence-corrected chi connectivity index (χ3v) is 5.15. The van der Waals surface area contributed by atoms with Crippen molar-refractivity contribution in [2.75, 3.05) is 14.2 Å². The molecule has 2 unspecified atom stereocenters. The van der Waals surface area contributed by atoms with Crippen LogP contribution in [0.4, 0.5) is 0 Å². The molecule has 1 aromatic rings.